The molecule has 1 rings (SSSR count). The highest BCUT2D eigenvalue weighted by molar-refractivity contribution is 7.89. The number of aliphatic hydroxyl groups is 1. The fourth-order valence-electron chi connectivity index (χ4n) is 1.52. The Bertz CT molecular complexity index is 525. The molecule has 108 valence electrons. The summed E-state index contributed by atoms with van der Waals surface area (Å²) in [6.45, 7) is 1.77. The summed E-state index contributed by atoms with van der Waals surface area (Å²) in [7, 11) is -3.69. The lowest BCUT2D eigenvalue weighted by molar-refractivity contribution is -0.137. The van der Waals surface area contributed by atoms with Crippen LogP contribution < -0.4 is 0 Å². The van der Waals surface area contributed by atoms with E-state index in [1.165, 1.54) is 17.1 Å². The standard InChI is InChI=1S/C10H17N3O5S/c1-2-13(5-6-14)19(17,18)9-7-11-12(8-9)4-3-10(15)16/h7-8,14H,2-6H2,1H3,(H,15,16). The number of nitrogens with zero attached hydrogens (tertiary/aromatic N) is 3. The second-order valence-corrected chi connectivity index (χ2v) is 5.74. The van der Waals surface area contributed by atoms with Crippen molar-refractivity contribution in [3.63, 3.8) is 0 Å². The summed E-state index contributed by atoms with van der Waals surface area (Å²) >= 11 is 0. The van der Waals surface area contributed by atoms with E-state index in [2.05, 4.69) is 5.10 Å². The fraction of sp³-hybridized carbons (Fsp3) is 0.600. The van der Waals surface area contributed by atoms with Crippen molar-refractivity contribution in [1.82, 2.24) is 14.1 Å². The number of aromatic nitrogens is 2. The minimum atomic E-state index is -3.69. The molecule has 1 heterocycles. The molecule has 0 atom stereocenters. The van der Waals surface area contributed by atoms with Crippen molar-refractivity contribution in [2.24, 2.45) is 0 Å². The van der Waals surface area contributed by atoms with Gasteiger partial charge in [0.15, 0.2) is 0 Å². The van der Waals surface area contributed by atoms with E-state index in [0.29, 0.717) is 0 Å². The maximum atomic E-state index is 12.1. The number of carboxylic acids is 1. The summed E-state index contributed by atoms with van der Waals surface area (Å²) in [6.07, 6.45) is 2.34. The number of aliphatic carboxylic acids is 1. The molecule has 0 spiro atoms. The third-order valence-electron chi connectivity index (χ3n) is 2.50. The molecule has 0 unspecified atom stereocenters. The van der Waals surface area contributed by atoms with Crippen molar-refractivity contribution in [3.8, 4) is 0 Å². The first-order valence-corrected chi connectivity index (χ1v) is 7.21. The Morgan fingerprint density at radius 2 is 2.21 bits per heavy atom. The summed E-state index contributed by atoms with van der Waals surface area (Å²) in [4.78, 5) is 10.4. The van der Waals surface area contributed by atoms with Gasteiger partial charge in [0.25, 0.3) is 0 Å². The molecular weight excluding hydrogens is 274 g/mol. The first kappa shape index (κ1) is 15.6. The number of carboxylic acid groups (broad SMARTS) is 1. The molecule has 0 aliphatic heterocycles. The van der Waals surface area contributed by atoms with Crippen molar-refractivity contribution in [3.05, 3.63) is 12.4 Å². The van der Waals surface area contributed by atoms with Crippen molar-refractivity contribution in [2.75, 3.05) is 19.7 Å². The van der Waals surface area contributed by atoms with Crippen LogP contribution in [-0.2, 0) is 21.4 Å². The highest BCUT2D eigenvalue weighted by atomic mass is 32.2. The maximum absolute atomic E-state index is 12.1. The maximum Gasteiger partial charge on any atom is 0.305 e. The van der Waals surface area contributed by atoms with Gasteiger partial charge in [0.05, 0.1) is 25.8 Å². The third-order valence-corrected chi connectivity index (χ3v) is 4.43. The van der Waals surface area contributed by atoms with Crippen LogP contribution in [0.25, 0.3) is 0 Å². The molecule has 1 aromatic heterocycles. The van der Waals surface area contributed by atoms with Gasteiger partial charge >= 0.3 is 5.97 Å². The van der Waals surface area contributed by atoms with Crippen LogP contribution in [-0.4, -0.2) is 58.4 Å². The molecule has 0 saturated carbocycles. The number of hydrogen-bond acceptors (Lipinski definition) is 5. The van der Waals surface area contributed by atoms with Crippen LogP contribution in [0, 0.1) is 0 Å². The lowest BCUT2D eigenvalue weighted by atomic mass is 10.4. The predicted octanol–water partition coefficient (Wildman–Crippen LogP) is -0.639. The molecule has 0 aliphatic rings. The van der Waals surface area contributed by atoms with Crippen molar-refractivity contribution in [1.29, 1.82) is 0 Å². The normalized spacial score (nSPS) is 11.9. The zero-order valence-electron chi connectivity index (χ0n) is 10.6. The van der Waals surface area contributed by atoms with Crippen molar-refractivity contribution < 1.29 is 23.4 Å². The Balaban J connectivity index is 2.87. The molecule has 0 fully saturated rings. The number of aryl methyl sites for hydroxylation is 1. The zero-order valence-corrected chi connectivity index (χ0v) is 11.4. The third kappa shape index (κ3) is 4.01. The molecule has 0 aliphatic carbocycles. The monoisotopic (exact) mass is 291 g/mol. The van der Waals surface area contributed by atoms with Crippen LogP contribution in [0.3, 0.4) is 0 Å². The Morgan fingerprint density at radius 1 is 1.53 bits per heavy atom. The summed E-state index contributed by atoms with van der Waals surface area (Å²) in [5.41, 5.74) is 0. The van der Waals surface area contributed by atoms with E-state index in [1.807, 2.05) is 0 Å². The predicted molar refractivity (Wildman–Crippen MR) is 66.0 cm³/mol. The molecule has 0 aromatic carbocycles. The van der Waals surface area contributed by atoms with E-state index in [-0.39, 0.29) is 37.6 Å². The zero-order chi connectivity index (χ0) is 14.5. The smallest absolute Gasteiger partial charge is 0.305 e. The number of rotatable bonds is 8. The Labute approximate surface area is 111 Å². The first-order valence-electron chi connectivity index (χ1n) is 5.77. The van der Waals surface area contributed by atoms with Crippen LogP contribution in [0.15, 0.2) is 17.3 Å². The summed E-state index contributed by atoms with van der Waals surface area (Å²) in [5.74, 6) is -0.977. The van der Waals surface area contributed by atoms with Gasteiger partial charge in [-0.3, -0.25) is 9.48 Å². The van der Waals surface area contributed by atoms with Gasteiger partial charge < -0.3 is 10.2 Å². The van der Waals surface area contributed by atoms with Crippen LogP contribution in [0.1, 0.15) is 13.3 Å². The van der Waals surface area contributed by atoms with Gasteiger partial charge in [-0.05, 0) is 0 Å². The number of likely N-dealkylation sites (N-methyl/N-ethyl adjacent to an activating group) is 1. The molecular formula is C10H17N3O5S. The van der Waals surface area contributed by atoms with Crippen LogP contribution in [0.5, 0.6) is 0 Å². The minimum Gasteiger partial charge on any atom is -0.481 e. The highest BCUT2D eigenvalue weighted by Crippen LogP contribution is 2.14. The van der Waals surface area contributed by atoms with Gasteiger partial charge in [-0.2, -0.15) is 9.40 Å². The summed E-state index contributed by atoms with van der Waals surface area (Å²) < 4.78 is 26.7. The van der Waals surface area contributed by atoms with E-state index in [1.54, 1.807) is 6.92 Å². The van der Waals surface area contributed by atoms with E-state index < -0.39 is 16.0 Å². The molecule has 0 bridgehead atoms. The van der Waals surface area contributed by atoms with Crippen molar-refractivity contribution >= 4 is 16.0 Å². The topological polar surface area (TPSA) is 113 Å². The lowest BCUT2D eigenvalue weighted by Gasteiger charge is -2.17. The summed E-state index contributed by atoms with van der Waals surface area (Å²) in [5, 5.41) is 21.2. The number of hydrogen-bond donors (Lipinski definition) is 2. The number of aliphatic hydroxyl groups excluding tert-OH is 1. The molecule has 1 aromatic rings. The van der Waals surface area contributed by atoms with E-state index >= 15 is 0 Å². The Kier molecular flexibility index (Phi) is 5.45. The molecule has 19 heavy (non-hydrogen) atoms. The average Bonchev–Trinajstić information content (AvgIpc) is 2.82. The SMILES string of the molecule is CCN(CCO)S(=O)(=O)c1cnn(CCC(=O)O)c1. The van der Waals surface area contributed by atoms with Gasteiger partial charge in [-0.25, -0.2) is 8.42 Å². The van der Waals surface area contributed by atoms with Gasteiger partial charge in [0.2, 0.25) is 10.0 Å². The van der Waals surface area contributed by atoms with Gasteiger partial charge in [-0.1, -0.05) is 6.92 Å². The minimum absolute atomic E-state index is 0.00631. The summed E-state index contributed by atoms with van der Waals surface area (Å²) in [6, 6.07) is 0. The van der Waals surface area contributed by atoms with Gasteiger partial charge in [0.1, 0.15) is 4.90 Å². The Morgan fingerprint density at radius 3 is 2.74 bits per heavy atom. The molecule has 8 nitrogen and oxygen atoms in total. The van der Waals surface area contributed by atoms with E-state index in [9.17, 15) is 13.2 Å². The van der Waals surface area contributed by atoms with Crippen LogP contribution in [0.2, 0.25) is 0 Å². The molecule has 0 amide bonds. The second-order valence-electron chi connectivity index (χ2n) is 3.80. The van der Waals surface area contributed by atoms with Gasteiger partial charge in [0, 0.05) is 19.3 Å². The van der Waals surface area contributed by atoms with Gasteiger partial charge in [-0.15, -0.1) is 0 Å². The van der Waals surface area contributed by atoms with E-state index in [0.717, 1.165) is 4.31 Å². The molecule has 0 saturated heterocycles. The number of carbonyl (C=O) groups is 1. The fourth-order valence-corrected chi connectivity index (χ4v) is 2.91. The molecule has 0 radical (unpaired) electrons. The van der Waals surface area contributed by atoms with Crippen molar-refractivity contribution in [2.45, 2.75) is 24.8 Å². The largest absolute Gasteiger partial charge is 0.481 e. The quantitative estimate of drug-likeness (QED) is 0.659. The molecule has 9 heteroatoms. The average molecular weight is 291 g/mol. The Hall–Kier alpha value is -1.45. The number of sulfonamides is 1. The van der Waals surface area contributed by atoms with E-state index in [4.69, 9.17) is 10.2 Å². The lowest BCUT2D eigenvalue weighted by Crippen LogP contribution is -2.33. The second kappa shape index (κ2) is 6.64. The van der Waals surface area contributed by atoms with Crippen LogP contribution >= 0.6 is 0 Å². The highest BCUT2D eigenvalue weighted by Gasteiger charge is 2.24. The first-order chi connectivity index (χ1) is 8.91. The van der Waals surface area contributed by atoms with Crippen LogP contribution in [0.4, 0.5) is 0 Å². The molecule has 2 N–H and O–H groups in total.